The summed E-state index contributed by atoms with van der Waals surface area (Å²) in [5, 5.41) is 0.906. The SMILES string of the molecule is CC(=O)C1CC(Oc2ncnc3ccccc23)CN1C. The van der Waals surface area contributed by atoms with Crippen LogP contribution in [0.3, 0.4) is 0 Å². The van der Waals surface area contributed by atoms with Gasteiger partial charge in [0.05, 0.1) is 16.9 Å². The van der Waals surface area contributed by atoms with Crippen molar-refractivity contribution in [1.29, 1.82) is 0 Å². The summed E-state index contributed by atoms with van der Waals surface area (Å²) >= 11 is 0. The van der Waals surface area contributed by atoms with Gasteiger partial charge in [0.15, 0.2) is 0 Å². The van der Waals surface area contributed by atoms with Gasteiger partial charge in [-0.15, -0.1) is 0 Å². The fraction of sp³-hybridized carbons (Fsp3) is 0.400. The van der Waals surface area contributed by atoms with Crippen molar-refractivity contribution in [3.05, 3.63) is 30.6 Å². The molecule has 20 heavy (non-hydrogen) atoms. The van der Waals surface area contributed by atoms with E-state index in [2.05, 4.69) is 9.97 Å². The topological polar surface area (TPSA) is 55.3 Å². The summed E-state index contributed by atoms with van der Waals surface area (Å²) in [6, 6.07) is 7.72. The second-order valence-electron chi connectivity index (χ2n) is 5.24. The Bertz CT molecular complexity index is 639. The highest BCUT2D eigenvalue weighted by atomic mass is 16.5. The maximum atomic E-state index is 11.5. The number of ether oxygens (including phenoxy) is 1. The van der Waals surface area contributed by atoms with Crippen LogP contribution in [0.15, 0.2) is 30.6 Å². The predicted molar refractivity (Wildman–Crippen MR) is 75.7 cm³/mol. The van der Waals surface area contributed by atoms with E-state index in [0.29, 0.717) is 12.3 Å². The molecule has 2 unspecified atom stereocenters. The molecule has 3 rings (SSSR count). The fourth-order valence-corrected chi connectivity index (χ4v) is 2.75. The summed E-state index contributed by atoms with van der Waals surface area (Å²) in [5.74, 6) is 0.782. The van der Waals surface area contributed by atoms with E-state index in [1.807, 2.05) is 36.2 Å². The number of likely N-dealkylation sites (tertiary alicyclic amines) is 1. The van der Waals surface area contributed by atoms with E-state index < -0.39 is 0 Å². The molecule has 104 valence electrons. The van der Waals surface area contributed by atoms with Crippen molar-refractivity contribution < 1.29 is 9.53 Å². The second-order valence-corrected chi connectivity index (χ2v) is 5.24. The largest absolute Gasteiger partial charge is 0.472 e. The van der Waals surface area contributed by atoms with Gasteiger partial charge in [-0.1, -0.05) is 12.1 Å². The van der Waals surface area contributed by atoms with Crippen LogP contribution >= 0.6 is 0 Å². The lowest BCUT2D eigenvalue weighted by Crippen LogP contribution is -2.31. The Balaban J connectivity index is 1.82. The molecule has 5 nitrogen and oxygen atoms in total. The van der Waals surface area contributed by atoms with Gasteiger partial charge < -0.3 is 4.74 Å². The minimum absolute atomic E-state index is 0.00722. The second kappa shape index (κ2) is 5.17. The highest BCUT2D eigenvalue weighted by Gasteiger charge is 2.34. The van der Waals surface area contributed by atoms with Gasteiger partial charge in [-0.25, -0.2) is 9.97 Å². The lowest BCUT2D eigenvalue weighted by molar-refractivity contribution is -0.120. The molecule has 1 aromatic carbocycles. The molecular formula is C15H17N3O2. The fourth-order valence-electron chi connectivity index (χ4n) is 2.75. The van der Waals surface area contributed by atoms with Crippen LogP contribution in [0.4, 0.5) is 0 Å². The lowest BCUT2D eigenvalue weighted by atomic mass is 10.1. The summed E-state index contributed by atoms with van der Waals surface area (Å²) in [6.45, 7) is 2.37. The molecule has 2 aromatic rings. The summed E-state index contributed by atoms with van der Waals surface area (Å²) in [5.41, 5.74) is 0.868. The van der Waals surface area contributed by atoms with Crippen molar-refractivity contribution in [2.24, 2.45) is 0 Å². The van der Waals surface area contributed by atoms with Crippen LogP contribution in [-0.4, -0.2) is 46.4 Å². The van der Waals surface area contributed by atoms with E-state index in [4.69, 9.17) is 4.74 Å². The standard InChI is InChI=1S/C15H17N3O2/c1-10(19)14-7-11(8-18(14)2)20-15-12-5-3-4-6-13(12)16-9-17-15/h3-6,9,11,14H,7-8H2,1-2H3. The molecular weight excluding hydrogens is 254 g/mol. The molecule has 2 atom stereocenters. The van der Waals surface area contributed by atoms with E-state index in [9.17, 15) is 4.79 Å². The Morgan fingerprint density at radius 1 is 1.35 bits per heavy atom. The Morgan fingerprint density at radius 3 is 2.90 bits per heavy atom. The third-order valence-electron chi connectivity index (χ3n) is 3.76. The van der Waals surface area contributed by atoms with Crippen molar-refractivity contribution in [1.82, 2.24) is 14.9 Å². The van der Waals surface area contributed by atoms with Gasteiger partial charge >= 0.3 is 0 Å². The van der Waals surface area contributed by atoms with Gasteiger partial charge in [-0.05, 0) is 26.1 Å². The van der Waals surface area contributed by atoms with Crippen LogP contribution in [0.5, 0.6) is 5.88 Å². The number of Topliss-reactive ketones (excluding diaryl/α,β-unsaturated/α-hetero) is 1. The first-order valence-corrected chi connectivity index (χ1v) is 6.72. The minimum Gasteiger partial charge on any atom is -0.472 e. The maximum absolute atomic E-state index is 11.5. The van der Waals surface area contributed by atoms with Crippen LogP contribution in [0, 0.1) is 0 Å². The van der Waals surface area contributed by atoms with Crippen LogP contribution in [0.25, 0.3) is 10.9 Å². The summed E-state index contributed by atoms with van der Waals surface area (Å²) in [6.07, 6.45) is 2.22. The molecule has 0 amide bonds. The van der Waals surface area contributed by atoms with E-state index in [-0.39, 0.29) is 17.9 Å². The quantitative estimate of drug-likeness (QED) is 0.850. The zero-order valence-corrected chi connectivity index (χ0v) is 11.6. The molecule has 0 spiro atoms. The lowest BCUT2D eigenvalue weighted by Gasteiger charge is -2.14. The number of carbonyl (C=O) groups excluding carboxylic acids is 1. The van der Waals surface area contributed by atoms with E-state index in [0.717, 1.165) is 17.4 Å². The Hall–Kier alpha value is -2.01. The molecule has 5 heteroatoms. The Morgan fingerprint density at radius 2 is 2.15 bits per heavy atom. The monoisotopic (exact) mass is 271 g/mol. The highest BCUT2D eigenvalue weighted by molar-refractivity contribution is 5.83. The van der Waals surface area contributed by atoms with Crippen LogP contribution in [-0.2, 0) is 4.79 Å². The van der Waals surface area contributed by atoms with Crippen molar-refractivity contribution in [2.75, 3.05) is 13.6 Å². The number of hydrogen-bond acceptors (Lipinski definition) is 5. The molecule has 1 saturated heterocycles. The van der Waals surface area contributed by atoms with Gasteiger partial charge in [0, 0.05) is 13.0 Å². The number of aromatic nitrogens is 2. The molecule has 0 saturated carbocycles. The van der Waals surface area contributed by atoms with Crippen molar-refractivity contribution >= 4 is 16.7 Å². The van der Waals surface area contributed by atoms with Crippen molar-refractivity contribution in [3.63, 3.8) is 0 Å². The van der Waals surface area contributed by atoms with Crippen molar-refractivity contribution in [2.45, 2.75) is 25.5 Å². The minimum atomic E-state index is -0.0481. The third-order valence-corrected chi connectivity index (χ3v) is 3.76. The van der Waals surface area contributed by atoms with Gasteiger partial charge in [-0.3, -0.25) is 9.69 Å². The van der Waals surface area contributed by atoms with Gasteiger partial charge in [0.25, 0.3) is 0 Å². The zero-order chi connectivity index (χ0) is 14.1. The highest BCUT2D eigenvalue weighted by Crippen LogP contribution is 2.25. The molecule has 0 bridgehead atoms. The van der Waals surface area contributed by atoms with E-state index in [1.165, 1.54) is 6.33 Å². The first-order chi connectivity index (χ1) is 9.65. The smallest absolute Gasteiger partial charge is 0.224 e. The number of rotatable bonds is 3. The number of nitrogens with zero attached hydrogens (tertiary/aromatic N) is 3. The van der Waals surface area contributed by atoms with Gasteiger partial charge in [0.1, 0.15) is 18.2 Å². The molecule has 1 aliphatic rings. The third kappa shape index (κ3) is 2.36. The zero-order valence-electron chi connectivity index (χ0n) is 11.6. The number of hydrogen-bond donors (Lipinski definition) is 0. The van der Waals surface area contributed by atoms with E-state index in [1.54, 1.807) is 6.92 Å². The Kier molecular flexibility index (Phi) is 3.36. The summed E-state index contributed by atoms with van der Waals surface area (Å²) in [7, 11) is 1.95. The molecule has 1 fully saturated rings. The van der Waals surface area contributed by atoms with Gasteiger partial charge in [0.2, 0.25) is 5.88 Å². The first-order valence-electron chi connectivity index (χ1n) is 6.72. The first kappa shape index (κ1) is 13.0. The summed E-state index contributed by atoms with van der Waals surface area (Å²) in [4.78, 5) is 22.0. The van der Waals surface area contributed by atoms with Crippen molar-refractivity contribution in [3.8, 4) is 5.88 Å². The van der Waals surface area contributed by atoms with Crippen LogP contribution < -0.4 is 4.74 Å². The molecule has 0 N–H and O–H groups in total. The molecule has 0 radical (unpaired) electrons. The molecule has 2 heterocycles. The number of likely N-dealkylation sites (N-methyl/N-ethyl adjacent to an activating group) is 1. The molecule has 1 aromatic heterocycles. The van der Waals surface area contributed by atoms with Gasteiger partial charge in [-0.2, -0.15) is 0 Å². The molecule has 1 aliphatic heterocycles. The number of benzene rings is 1. The average molecular weight is 271 g/mol. The number of fused-ring (bicyclic) bond motifs is 1. The predicted octanol–water partition coefficient (Wildman–Crippen LogP) is 1.67. The Labute approximate surface area is 117 Å². The number of para-hydroxylation sites is 1. The molecule has 0 aliphatic carbocycles. The van der Waals surface area contributed by atoms with Crippen LogP contribution in [0.2, 0.25) is 0 Å². The number of carbonyl (C=O) groups is 1. The van der Waals surface area contributed by atoms with E-state index >= 15 is 0 Å². The van der Waals surface area contributed by atoms with Crippen LogP contribution in [0.1, 0.15) is 13.3 Å². The maximum Gasteiger partial charge on any atom is 0.224 e. The number of ketones is 1. The average Bonchev–Trinajstić information content (AvgIpc) is 2.80. The normalized spacial score (nSPS) is 23.1. The summed E-state index contributed by atoms with van der Waals surface area (Å²) < 4.78 is 5.99.